The van der Waals surface area contributed by atoms with E-state index >= 15 is 0 Å². The molecule has 0 aliphatic rings. The van der Waals surface area contributed by atoms with E-state index in [-0.39, 0.29) is 5.91 Å². The molecule has 0 saturated carbocycles. The Bertz CT molecular complexity index is 1230. The molecule has 1 N–H and O–H groups in total. The van der Waals surface area contributed by atoms with E-state index in [2.05, 4.69) is 35.0 Å². The molecule has 6 nitrogen and oxygen atoms in total. The number of aromatic nitrogens is 2. The summed E-state index contributed by atoms with van der Waals surface area (Å²) in [6.45, 7) is 4.11. The highest BCUT2D eigenvalue weighted by Crippen LogP contribution is 2.19. The molecule has 0 radical (unpaired) electrons. The molecule has 3 aromatic carbocycles. The summed E-state index contributed by atoms with van der Waals surface area (Å²) in [7, 11) is 1.57. The Labute approximate surface area is 200 Å². The first-order valence-corrected chi connectivity index (χ1v) is 11.7. The molecule has 0 aliphatic heterocycles. The van der Waals surface area contributed by atoms with Gasteiger partial charge in [0.25, 0.3) is 5.91 Å². The van der Waals surface area contributed by atoms with Crippen molar-refractivity contribution in [2.24, 2.45) is 0 Å². The molecule has 0 bridgehead atoms. The second-order valence-electron chi connectivity index (χ2n) is 8.24. The number of nitrogens with one attached hydrogen (secondary N) is 1. The Morgan fingerprint density at radius 3 is 2.56 bits per heavy atom. The molecule has 0 atom stereocenters. The van der Waals surface area contributed by atoms with Crippen molar-refractivity contribution in [3.63, 3.8) is 0 Å². The molecule has 1 heterocycles. The minimum atomic E-state index is -0.126. The van der Waals surface area contributed by atoms with Crippen LogP contribution in [0.1, 0.15) is 34.6 Å². The molecule has 0 spiro atoms. The van der Waals surface area contributed by atoms with Crippen LogP contribution in [0.3, 0.4) is 0 Å². The third-order valence-electron chi connectivity index (χ3n) is 5.76. The van der Waals surface area contributed by atoms with Crippen molar-refractivity contribution < 1.29 is 14.3 Å². The monoisotopic (exact) mass is 457 g/mol. The van der Waals surface area contributed by atoms with E-state index in [4.69, 9.17) is 14.5 Å². The first kappa shape index (κ1) is 23.4. The molecule has 1 amide bonds. The van der Waals surface area contributed by atoms with Gasteiger partial charge in [0.1, 0.15) is 17.3 Å². The van der Waals surface area contributed by atoms with Gasteiger partial charge in [-0.1, -0.05) is 42.0 Å². The standard InChI is InChI=1S/C28H31N3O3/c1-21-14-16-22(17-15-21)34-20-8-19-31-25-11-5-4-10-24(25)30-27(31)13-7-18-29-28(32)23-9-3-6-12-26(23)33-2/h3-6,9-12,14-17H,7-8,13,18-20H2,1-2H3,(H,29,32). The number of hydrogen-bond donors (Lipinski definition) is 1. The van der Waals surface area contributed by atoms with Crippen molar-refractivity contribution in [3.8, 4) is 11.5 Å². The molecule has 6 heteroatoms. The van der Waals surface area contributed by atoms with Gasteiger partial charge in [-0.3, -0.25) is 4.79 Å². The fourth-order valence-electron chi connectivity index (χ4n) is 3.99. The average molecular weight is 458 g/mol. The van der Waals surface area contributed by atoms with Crippen LogP contribution < -0.4 is 14.8 Å². The number of rotatable bonds is 11. The van der Waals surface area contributed by atoms with E-state index in [1.165, 1.54) is 5.56 Å². The summed E-state index contributed by atoms with van der Waals surface area (Å²) in [5, 5.41) is 3.00. The van der Waals surface area contributed by atoms with Crippen LogP contribution in [0.4, 0.5) is 0 Å². The van der Waals surface area contributed by atoms with Crippen LogP contribution in [0, 0.1) is 6.92 Å². The predicted octanol–water partition coefficient (Wildman–Crippen LogP) is 5.19. The van der Waals surface area contributed by atoms with Gasteiger partial charge >= 0.3 is 0 Å². The number of imidazole rings is 1. The fraction of sp³-hybridized carbons (Fsp3) is 0.286. The van der Waals surface area contributed by atoms with Gasteiger partial charge in [-0.2, -0.15) is 0 Å². The number of fused-ring (bicyclic) bond motifs is 1. The van der Waals surface area contributed by atoms with Crippen molar-refractivity contribution in [3.05, 3.63) is 89.7 Å². The fourth-order valence-corrected chi connectivity index (χ4v) is 3.99. The van der Waals surface area contributed by atoms with Gasteiger partial charge in [0.15, 0.2) is 0 Å². The van der Waals surface area contributed by atoms with Gasteiger partial charge in [-0.05, 0) is 56.2 Å². The highest BCUT2D eigenvalue weighted by molar-refractivity contribution is 5.96. The highest BCUT2D eigenvalue weighted by atomic mass is 16.5. The first-order chi connectivity index (χ1) is 16.7. The molecule has 0 unspecified atom stereocenters. The molecular formula is C28H31N3O3. The zero-order valence-corrected chi connectivity index (χ0v) is 19.8. The zero-order valence-electron chi connectivity index (χ0n) is 19.8. The maximum absolute atomic E-state index is 12.5. The number of para-hydroxylation sites is 3. The van der Waals surface area contributed by atoms with Crippen molar-refractivity contribution in [1.82, 2.24) is 14.9 Å². The van der Waals surface area contributed by atoms with Crippen LogP contribution in [-0.2, 0) is 13.0 Å². The van der Waals surface area contributed by atoms with Gasteiger partial charge in [-0.15, -0.1) is 0 Å². The summed E-state index contributed by atoms with van der Waals surface area (Å²) in [6, 6.07) is 23.6. The minimum absolute atomic E-state index is 0.126. The second kappa shape index (κ2) is 11.4. The Morgan fingerprint density at radius 1 is 0.971 bits per heavy atom. The van der Waals surface area contributed by atoms with E-state index in [9.17, 15) is 4.79 Å². The SMILES string of the molecule is COc1ccccc1C(=O)NCCCc1nc2ccccc2n1CCCOc1ccc(C)cc1. The van der Waals surface area contributed by atoms with Crippen LogP contribution in [0.15, 0.2) is 72.8 Å². The van der Waals surface area contributed by atoms with Gasteiger partial charge in [0.2, 0.25) is 0 Å². The quantitative estimate of drug-likeness (QED) is 0.315. The Kier molecular flexibility index (Phi) is 7.81. The summed E-state index contributed by atoms with van der Waals surface area (Å²) in [4.78, 5) is 17.4. The predicted molar refractivity (Wildman–Crippen MR) is 135 cm³/mol. The van der Waals surface area contributed by atoms with Crippen molar-refractivity contribution in [2.75, 3.05) is 20.3 Å². The summed E-state index contributed by atoms with van der Waals surface area (Å²) >= 11 is 0. The normalized spacial score (nSPS) is 10.9. The van der Waals surface area contributed by atoms with E-state index < -0.39 is 0 Å². The lowest BCUT2D eigenvalue weighted by Crippen LogP contribution is -2.25. The smallest absolute Gasteiger partial charge is 0.255 e. The number of nitrogens with zero attached hydrogens (tertiary/aromatic N) is 2. The number of carbonyl (C=O) groups is 1. The summed E-state index contributed by atoms with van der Waals surface area (Å²) < 4.78 is 13.5. The van der Waals surface area contributed by atoms with E-state index in [1.807, 2.05) is 42.5 Å². The van der Waals surface area contributed by atoms with E-state index in [1.54, 1.807) is 19.2 Å². The number of amides is 1. The first-order valence-electron chi connectivity index (χ1n) is 11.7. The van der Waals surface area contributed by atoms with Crippen molar-refractivity contribution in [1.29, 1.82) is 0 Å². The third-order valence-corrected chi connectivity index (χ3v) is 5.76. The molecule has 176 valence electrons. The van der Waals surface area contributed by atoms with Gasteiger partial charge < -0.3 is 19.4 Å². The molecule has 4 rings (SSSR count). The van der Waals surface area contributed by atoms with E-state index in [0.29, 0.717) is 24.5 Å². The summed E-state index contributed by atoms with van der Waals surface area (Å²) in [5.41, 5.74) is 3.90. The maximum atomic E-state index is 12.5. The summed E-state index contributed by atoms with van der Waals surface area (Å²) in [6.07, 6.45) is 2.45. The number of hydrogen-bond acceptors (Lipinski definition) is 4. The average Bonchev–Trinajstić information content (AvgIpc) is 3.22. The molecule has 0 saturated heterocycles. The van der Waals surface area contributed by atoms with Crippen LogP contribution in [-0.4, -0.2) is 35.7 Å². The lowest BCUT2D eigenvalue weighted by molar-refractivity contribution is 0.0950. The molecule has 0 fully saturated rings. The number of carbonyl (C=O) groups excluding carboxylic acids is 1. The van der Waals surface area contributed by atoms with Gasteiger partial charge in [0, 0.05) is 19.5 Å². The largest absolute Gasteiger partial charge is 0.496 e. The minimum Gasteiger partial charge on any atom is -0.496 e. The number of methoxy groups -OCH3 is 1. The molecule has 0 aliphatic carbocycles. The molecule has 34 heavy (non-hydrogen) atoms. The molecule has 4 aromatic rings. The Hall–Kier alpha value is -3.80. The number of benzene rings is 3. The van der Waals surface area contributed by atoms with Crippen LogP contribution >= 0.6 is 0 Å². The van der Waals surface area contributed by atoms with Gasteiger partial charge in [0.05, 0.1) is 30.3 Å². The van der Waals surface area contributed by atoms with Crippen molar-refractivity contribution in [2.45, 2.75) is 32.7 Å². The second-order valence-corrected chi connectivity index (χ2v) is 8.24. The van der Waals surface area contributed by atoms with Gasteiger partial charge in [-0.25, -0.2) is 4.98 Å². The highest BCUT2D eigenvalue weighted by Gasteiger charge is 2.13. The van der Waals surface area contributed by atoms with Crippen LogP contribution in [0.5, 0.6) is 11.5 Å². The number of aryl methyl sites for hydroxylation is 3. The number of ether oxygens (including phenoxy) is 2. The maximum Gasteiger partial charge on any atom is 0.255 e. The third kappa shape index (κ3) is 5.76. The Morgan fingerprint density at radius 2 is 1.74 bits per heavy atom. The molecule has 1 aromatic heterocycles. The topological polar surface area (TPSA) is 65.4 Å². The van der Waals surface area contributed by atoms with E-state index in [0.717, 1.165) is 48.4 Å². The summed E-state index contributed by atoms with van der Waals surface area (Å²) in [5.74, 6) is 2.38. The Balaban J connectivity index is 1.33. The van der Waals surface area contributed by atoms with Crippen LogP contribution in [0.25, 0.3) is 11.0 Å². The molecular weight excluding hydrogens is 426 g/mol. The van der Waals surface area contributed by atoms with Crippen molar-refractivity contribution >= 4 is 16.9 Å². The lowest BCUT2D eigenvalue weighted by atomic mass is 10.2. The lowest BCUT2D eigenvalue weighted by Gasteiger charge is -2.11. The van der Waals surface area contributed by atoms with Crippen LogP contribution in [0.2, 0.25) is 0 Å². The zero-order chi connectivity index (χ0) is 23.8.